The fraction of sp³-hybridized carbons (Fsp3) is 0.533. The Morgan fingerprint density at radius 2 is 1.78 bits per heavy atom. The molecule has 0 heterocycles. The van der Waals surface area contributed by atoms with Crippen LogP contribution in [0.2, 0.25) is 0 Å². The van der Waals surface area contributed by atoms with Crippen LogP contribution in [-0.4, -0.2) is 21.9 Å². The summed E-state index contributed by atoms with van der Waals surface area (Å²) in [7, 11) is 0. The minimum Gasteiger partial charge on any atom is -0.458 e. The van der Waals surface area contributed by atoms with Gasteiger partial charge < -0.3 is 4.74 Å². The predicted molar refractivity (Wildman–Crippen MR) is 79.0 cm³/mol. The third kappa shape index (κ3) is 2.76. The zero-order valence-electron chi connectivity index (χ0n) is 12.6. The van der Waals surface area contributed by atoms with Crippen molar-refractivity contribution in [1.29, 1.82) is 0 Å². The van der Waals surface area contributed by atoms with Gasteiger partial charge in [-0.1, -0.05) is 6.92 Å². The minimum atomic E-state index is -0.761. The number of fused-ring (bicyclic) bond motifs is 1. The molecule has 0 N–H and O–H groups in total. The molecule has 23 heavy (non-hydrogen) atoms. The lowest BCUT2D eigenvalue weighted by atomic mass is 9.87. The van der Waals surface area contributed by atoms with E-state index in [-0.39, 0.29) is 17.1 Å². The summed E-state index contributed by atoms with van der Waals surface area (Å²) in [6.07, 6.45) is 3.66. The molecule has 2 saturated carbocycles. The third-order valence-corrected chi connectivity index (χ3v) is 5.02. The Morgan fingerprint density at radius 1 is 1.17 bits per heavy atom. The molecule has 2 fully saturated rings. The van der Waals surface area contributed by atoms with Crippen LogP contribution in [0.3, 0.4) is 0 Å². The van der Waals surface area contributed by atoms with E-state index >= 15 is 0 Å². The predicted octanol–water partition coefficient (Wildman–Crippen LogP) is 3.24. The van der Waals surface area contributed by atoms with Gasteiger partial charge in [-0.15, -0.1) is 0 Å². The van der Waals surface area contributed by atoms with E-state index in [1.807, 2.05) is 0 Å². The number of hydrogen-bond donors (Lipinski definition) is 0. The number of carbonyl (C=O) groups is 1. The first-order valence-corrected chi connectivity index (χ1v) is 7.46. The molecule has 0 saturated heterocycles. The number of hydrogen-bond acceptors (Lipinski definition) is 6. The fourth-order valence-corrected chi connectivity index (χ4v) is 3.49. The van der Waals surface area contributed by atoms with Gasteiger partial charge in [0.1, 0.15) is 6.10 Å². The Kier molecular flexibility index (Phi) is 3.54. The lowest BCUT2D eigenvalue weighted by molar-refractivity contribution is -0.394. The van der Waals surface area contributed by atoms with Gasteiger partial charge in [0, 0.05) is 17.5 Å². The van der Waals surface area contributed by atoms with Crippen LogP contribution in [0.4, 0.5) is 11.4 Å². The summed E-state index contributed by atoms with van der Waals surface area (Å²) < 4.78 is 5.52. The van der Waals surface area contributed by atoms with E-state index in [1.165, 1.54) is 0 Å². The standard InChI is InChI=1S/C15H16N2O6/c1-15-8-10(15)3-2-4-13(15)23-14(18)9-5-11(16(19)20)7-12(6-9)17(21)22/h5-7,10,13H,2-4,8H2,1H3/t10-,13-,15-/m0/s1. The van der Waals surface area contributed by atoms with Gasteiger partial charge in [0.25, 0.3) is 11.4 Å². The Hall–Kier alpha value is -2.51. The van der Waals surface area contributed by atoms with Gasteiger partial charge in [-0.3, -0.25) is 20.2 Å². The van der Waals surface area contributed by atoms with Crippen molar-refractivity contribution in [2.24, 2.45) is 11.3 Å². The highest BCUT2D eigenvalue weighted by Gasteiger charge is 2.58. The van der Waals surface area contributed by atoms with Crippen molar-refractivity contribution in [1.82, 2.24) is 0 Å². The zero-order chi connectivity index (χ0) is 16.8. The molecule has 3 rings (SSSR count). The average Bonchev–Trinajstić information content (AvgIpc) is 3.19. The fourth-order valence-electron chi connectivity index (χ4n) is 3.49. The molecule has 0 radical (unpaired) electrons. The molecule has 0 aromatic heterocycles. The number of benzene rings is 1. The van der Waals surface area contributed by atoms with Crippen molar-refractivity contribution in [3.8, 4) is 0 Å². The molecule has 0 spiro atoms. The zero-order valence-corrected chi connectivity index (χ0v) is 12.6. The van der Waals surface area contributed by atoms with Crippen LogP contribution in [0.1, 0.15) is 43.0 Å². The van der Waals surface area contributed by atoms with Crippen LogP contribution in [-0.2, 0) is 4.74 Å². The molecule has 0 bridgehead atoms. The number of non-ortho nitro benzene ring substituents is 2. The smallest absolute Gasteiger partial charge is 0.338 e. The Labute approximate surface area is 131 Å². The quantitative estimate of drug-likeness (QED) is 0.478. The topological polar surface area (TPSA) is 113 Å². The van der Waals surface area contributed by atoms with Gasteiger partial charge in [-0.25, -0.2) is 4.79 Å². The van der Waals surface area contributed by atoms with Crippen LogP contribution in [0, 0.1) is 31.6 Å². The first-order chi connectivity index (χ1) is 10.8. The molecule has 2 aliphatic rings. The van der Waals surface area contributed by atoms with Crippen molar-refractivity contribution >= 4 is 17.3 Å². The SMILES string of the molecule is C[C@]12C[C@@H]1CCC[C@@H]2OC(=O)c1cc([N+](=O)[O-])cc([N+](=O)[O-])c1. The molecule has 1 aromatic rings. The summed E-state index contributed by atoms with van der Waals surface area (Å²) in [5, 5.41) is 21.8. The first kappa shape index (κ1) is 15.4. The number of nitrogens with zero attached hydrogens (tertiary/aromatic N) is 2. The largest absolute Gasteiger partial charge is 0.458 e. The molecule has 122 valence electrons. The summed E-state index contributed by atoms with van der Waals surface area (Å²) in [5.41, 5.74) is -1.16. The highest BCUT2D eigenvalue weighted by Crippen LogP contribution is 2.61. The van der Waals surface area contributed by atoms with Crippen LogP contribution in [0.25, 0.3) is 0 Å². The highest BCUT2D eigenvalue weighted by atomic mass is 16.6. The summed E-state index contributed by atoms with van der Waals surface area (Å²) in [5.74, 6) is -0.177. The van der Waals surface area contributed by atoms with Crippen molar-refractivity contribution < 1.29 is 19.4 Å². The molecule has 0 amide bonds. The molecule has 3 atom stereocenters. The van der Waals surface area contributed by atoms with Gasteiger partial charge in [0.2, 0.25) is 0 Å². The summed E-state index contributed by atoms with van der Waals surface area (Å²) >= 11 is 0. The van der Waals surface area contributed by atoms with Gasteiger partial charge in [0.05, 0.1) is 21.5 Å². The minimum absolute atomic E-state index is 0.0133. The van der Waals surface area contributed by atoms with Crippen LogP contribution >= 0.6 is 0 Å². The maximum atomic E-state index is 12.3. The van der Waals surface area contributed by atoms with Gasteiger partial charge >= 0.3 is 5.97 Å². The number of nitro benzene ring substituents is 2. The number of esters is 1. The van der Waals surface area contributed by atoms with Gasteiger partial charge in [-0.2, -0.15) is 0 Å². The average molecular weight is 320 g/mol. The van der Waals surface area contributed by atoms with Gasteiger partial charge in [-0.05, 0) is 31.6 Å². The molecular formula is C15H16N2O6. The molecule has 1 aromatic carbocycles. The number of nitro groups is 2. The van der Waals surface area contributed by atoms with Crippen LogP contribution < -0.4 is 0 Å². The summed E-state index contributed by atoms with van der Waals surface area (Å²) in [6.45, 7) is 2.07. The van der Waals surface area contributed by atoms with Crippen molar-refractivity contribution in [3.05, 3.63) is 44.0 Å². The van der Waals surface area contributed by atoms with E-state index in [0.29, 0.717) is 5.92 Å². The Balaban J connectivity index is 1.84. The van der Waals surface area contributed by atoms with Crippen molar-refractivity contribution in [2.75, 3.05) is 0 Å². The lowest BCUT2D eigenvalue weighted by Gasteiger charge is -2.28. The highest BCUT2D eigenvalue weighted by molar-refractivity contribution is 5.91. The Morgan fingerprint density at radius 3 is 2.35 bits per heavy atom. The van der Waals surface area contributed by atoms with E-state index in [2.05, 4.69) is 6.92 Å². The van der Waals surface area contributed by atoms with E-state index in [1.54, 1.807) is 0 Å². The van der Waals surface area contributed by atoms with Crippen LogP contribution in [0.5, 0.6) is 0 Å². The summed E-state index contributed by atoms with van der Waals surface area (Å²) in [4.78, 5) is 32.5. The second-order valence-electron chi connectivity index (χ2n) is 6.48. The van der Waals surface area contributed by atoms with Crippen LogP contribution in [0.15, 0.2) is 18.2 Å². The summed E-state index contributed by atoms with van der Waals surface area (Å²) in [6, 6.07) is 2.87. The maximum absolute atomic E-state index is 12.3. The van der Waals surface area contributed by atoms with Gasteiger partial charge in [0.15, 0.2) is 0 Å². The molecule has 8 nitrogen and oxygen atoms in total. The molecule has 0 unspecified atom stereocenters. The third-order valence-electron chi connectivity index (χ3n) is 5.02. The number of rotatable bonds is 4. The number of ether oxygens (including phenoxy) is 1. The van der Waals surface area contributed by atoms with E-state index in [9.17, 15) is 25.0 Å². The second-order valence-corrected chi connectivity index (χ2v) is 6.48. The molecule has 2 aliphatic carbocycles. The van der Waals surface area contributed by atoms with E-state index in [0.717, 1.165) is 43.9 Å². The lowest BCUT2D eigenvalue weighted by Crippen LogP contribution is -2.30. The second kappa shape index (κ2) is 5.29. The Bertz CT molecular complexity index is 671. The first-order valence-electron chi connectivity index (χ1n) is 7.46. The molecule has 0 aliphatic heterocycles. The number of carbonyl (C=O) groups excluding carboxylic acids is 1. The molecular weight excluding hydrogens is 304 g/mol. The van der Waals surface area contributed by atoms with Crippen molar-refractivity contribution in [3.63, 3.8) is 0 Å². The molecule has 8 heteroatoms. The van der Waals surface area contributed by atoms with E-state index in [4.69, 9.17) is 4.74 Å². The maximum Gasteiger partial charge on any atom is 0.338 e. The van der Waals surface area contributed by atoms with E-state index < -0.39 is 27.2 Å². The van der Waals surface area contributed by atoms with Crippen molar-refractivity contribution in [2.45, 2.75) is 38.7 Å². The normalized spacial score (nSPS) is 28.6. The monoisotopic (exact) mass is 320 g/mol.